The third-order valence-electron chi connectivity index (χ3n) is 3.50. The van der Waals surface area contributed by atoms with E-state index in [-0.39, 0.29) is 6.04 Å². The van der Waals surface area contributed by atoms with Crippen LogP contribution in [0.1, 0.15) is 23.8 Å². The second-order valence-electron chi connectivity index (χ2n) is 4.72. The van der Waals surface area contributed by atoms with E-state index in [2.05, 4.69) is 15.9 Å². The summed E-state index contributed by atoms with van der Waals surface area (Å²) in [7, 11) is -3.45. The van der Waals surface area contributed by atoms with Crippen molar-refractivity contribution in [2.24, 2.45) is 0 Å². The summed E-state index contributed by atoms with van der Waals surface area (Å²) in [6.45, 7) is 0.590. The molecule has 2 heterocycles. The average Bonchev–Trinajstić information content (AvgIpc) is 3.10. The van der Waals surface area contributed by atoms with Gasteiger partial charge in [0.15, 0.2) is 0 Å². The van der Waals surface area contributed by atoms with Crippen LogP contribution in [0.5, 0.6) is 0 Å². The van der Waals surface area contributed by atoms with Crippen molar-refractivity contribution in [1.29, 1.82) is 0 Å². The molecule has 6 heteroatoms. The molecule has 20 heavy (non-hydrogen) atoms. The van der Waals surface area contributed by atoms with Crippen molar-refractivity contribution in [1.82, 2.24) is 4.31 Å². The molecule has 3 nitrogen and oxygen atoms in total. The molecule has 1 fully saturated rings. The number of hydrogen-bond donors (Lipinski definition) is 0. The van der Waals surface area contributed by atoms with Gasteiger partial charge in [0.2, 0.25) is 10.0 Å². The number of hydrogen-bond acceptors (Lipinski definition) is 3. The fraction of sp³-hybridized carbons (Fsp3) is 0.286. The molecule has 1 saturated heterocycles. The van der Waals surface area contributed by atoms with Crippen molar-refractivity contribution in [3.05, 3.63) is 51.1 Å². The van der Waals surface area contributed by atoms with Crippen molar-refractivity contribution in [2.45, 2.75) is 23.8 Å². The molecule has 1 unspecified atom stereocenters. The minimum atomic E-state index is -3.45. The van der Waals surface area contributed by atoms with E-state index >= 15 is 0 Å². The maximum atomic E-state index is 12.9. The normalized spacial score (nSPS) is 20.4. The van der Waals surface area contributed by atoms with Crippen molar-refractivity contribution < 1.29 is 8.42 Å². The molecule has 0 amide bonds. The van der Waals surface area contributed by atoms with Gasteiger partial charge in [0, 0.05) is 15.9 Å². The molecule has 1 aliphatic rings. The maximum absolute atomic E-state index is 12.9. The monoisotopic (exact) mass is 371 g/mol. The summed E-state index contributed by atoms with van der Waals surface area (Å²) in [6, 6.07) is 11.0. The van der Waals surface area contributed by atoms with Gasteiger partial charge in [-0.2, -0.15) is 4.31 Å². The maximum Gasteiger partial charge on any atom is 0.244 e. The fourth-order valence-electron chi connectivity index (χ4n) is 2.57. The van der Waals surface area contributed by atoms with E-state index in [9.17, 15) is 8.42 Å². The highest BCUT2D eigenvalue weighted by Gasteiger charge is 2.37. The number of nitrogens with zero attached hydrogens (tertiary/aromatic N) is 1. The first kappa shape index (κ1) is 14.3. The zero-order valence-electron chi connectivity index (χ0n) is 10.7. The third kappa shape index (κ3) is 2.45. The Bertz CT molecular complexity index is 698. The highest BCUT2D eigenvalue weighted by molar-refractivity contribution is 9.10. The predicted molar refractivity (Wildman–Crippen MR) is 84.3 cm³/mol. The van der Waals surface area contributed by atoms with Gasteiger partial charge in [0.25, 0.3) is 0 Å². The number of sulfonamides is 1. The predicted octanol–water partition coefficient (Wildman–Crippen LogP) is 4.04. The summed E-state index contributed by atoms with van der Waals surface area (Å²) in [5, 5.41) is 2.00. The van der Waals surface area contributed by atoms with Crippen molar-refractivity contribution in [3.63, 3.8) is 0 Å². The number of halogens is 1. The van der Waals surface area contributed by atoms with Crippen LogP contribution in [-0.4, -0.2) is 19.3 Å². The zero-order chi connectivity index (χ0) is 14.2. The standard InChI is InChI=1S/C14H14BrNO2S2/c15-11-5-1-2-8-14(11)20(17,18)16-9-3-6-12(16)13-7-4-10-19-13/h1-2,4-5,7-8,10,12H,3,6,9H2. The first-order valence-corrected chi connectivity index (χ1v) is 9.52. The van der Waals surface area contributed by atoms with E-state index in [1.165, 1.54) is 0 Å². The van der Waals surface area contributed by atoms with E-state index in [0.29, 0.717) is 15.9 Å². The van der Waals surface area contributed by atoms with Gasteiger partial charge in [-0.05, 0) is 52.4 Å². The second-order valence-corrected chi connectivity index (χ2v) is 8.41. The largest absolute Gasteiger partial charge is 0.244 e. The topological polar surface area (TPSA) is 37.4 Å². The van der Waals surface area contributed by atoms with Gasteiger partial charge in [-0.3, -0.25) is 0 Å². The molecular formula is C14H14BrNO2S2. The summed E-state index contributed by atoms with van der Waals surface area (Å²) in [5.74, 6) is 0. The van der Waals surface area contributed by atoms with Gasteiger partial charge in [-0.1, -0.05) is 18.2 Å². The first-order valence-electron chi connectivity index (χ1n) is 6.40. The Balaban J connectivity index is 2.01. The van der Waals surface area contributed by atoms with E-state index in [1.807, 2.05) is 23.6 Å². The fourth-order valence-corrected chi connectivity index (χ4v) is 6.15. The highest BCUT2D eigenvalue weighted by atomic mass is 79.9. The second kappa shape index (κ2) is 5.60. The lowest BCUT2D eigenvalue weighted by atomic mass is 10.2. The summed E-state index contributed by atoms with van der Waals surface area (Å²) < 4.78 is 28.0. The lowest BCUT2D eigenvalue weighted by Crippen LogP contribution is -2.30. The Hall–Kier alpha value is -0.690. The Kier molecular flexibility index (Phi) is 3.99. The molecule has 1 aliphatic heterocycles. The van der Waals surface area contributed by atoms with E-state index in [0.717, 1.165) is 17.7 Å². The zero-order valence-corrected chi connectivity index (χ0v) is 13.9. The lowest BCUT2D eigenvalue weighted by molar-refractivity contribution is 0.400. The Morgan fingerprint density at radius 1 is 1.20 bits per heavy atom. The van der Waals surface area contributed by atoms with E-state index in [1.54, 1.807) is 33.8 Å². The molecule has 1 aromatic carbocycles. The van der Waals surface area contributed by atoms with E-state index in [4.69, 9.17) is 0 Å². The molecule has 0 N–H and O–H groups in total. The van der Waals surface area contributed by atoms with Crippen LogP contribution >= 0.6 is 27.3 Å². The summed E-state index contributed by atoms with van der Waals surface area (Å²) >= 11 is 4.97. The van der Waals surface area contributed by atoms with Crippen molar-refractivity contribution in [3.8, 4) is 0 Å². The van der Waals surface area contributed by atoms with Gasteiger partial charge >= 0.3 is 0 Å². The third-order valence-corrected chi connectivity index (χ3v) is 7.39. The molecule has 2 aromatic rings. The Morgan fingerprint density at radius 2 is 2.00 bits per heavy atom. The van der Waals surface area contributed by atoms with Crippen LogP contribution in [0.4, 0.5) is 0 Å². The molecule has 3 rings (SSSR count). The summed E-state index contributed by atoms with van der Waals surface area (Å²) in [6.07, 6.45) is 1.80. The van der Waals surface area contributed by atoms with E-state index < -0.39 is 10.0 Å². The van der Waals surface area contributed by atoms with Gasteiger partial charge in [-0.15, -0.1) is 11.3 Å². The summed E-state index contributed by atoms with van der Waals surface area (Å²) in [5.41, 5.74) is 0. The molecule has 0 radical (unpaired) electrons. The van der Waals surface area contributed by atoms with Crippen molar-refractivity contribution >= 4 is 37.3 Å². The molecule has 106 valence electrons. The lowest BCUT2D eigenvalue weighted by Gasteiger charge is -2.23. The van der Waals surface area contributed by atoms with Gasteiger partial charge in [0.1, 0.15) is 0 Å². The minimum Gasteiger partial charge on any atom is -0.207 e. The molecule has 0 saturated carbocycles. The van der Waals surface area contributed by atoms with Gasteiger partial charge in [-0.25, -0.2) is 8.42 Å². The number of benzene rings is 1. The molecule has 1 aromatic heterocycles. The van der Waals surface area contributed by atoms with Crippen molar-refractivity contribution in [2.75, 3.05) is 6.54 Å². The van der Waals surface area contributed by atoms with Gasteiger partial charge < -0.3 is 0 Å². The van der Waals surface area contributed by atoms with Crippen LogP contribution < -0.4 is 0 Å². The molecular weight excluding hydrogens is 358 g/mol. The Labute approximate surface area is 131 Å². The van der Waals surface area contributed by atoms with Crippen LogP contribution in [0.15, 0.2) is 51.1 Å². The van der Waals surface area contributed by atoms with Crippen LogP contribution in [0, 0.1) is 0 Å². The van der Waals surface area contributed by atoms with Crippen LogP contribution in [0.2, 0.25) is 0 Å². The van der Waals surface area contributed by atoms with Crippen LogP contribution in [-0.2, 0) is 10.0 Å². The number of rotatable bonds is 3. The minimum absolute atomic E-state index is 0.0212. The molecule has 1 atom stereocenters. The molecule has 0 bridgehead atoms. The smallest absolute Gasteiger partial charge is 0.207 e. The van der Waals surface area contributed by atoms with Crippen LogP contribution in [0.25, 0.3) is 0 Å². The first-order chi connectivity index (χ1) is 9.60. The number of thiophene rings is 1. The SMILES string of the molecule is O=S(=O)(c1ccccc1Br)N1CCCC1c1cccs1. The van der Waals surface area contributed by atoms with Crippen LogP contribution in [0.3, 0.4) is 0 Å². The Morgan fingerprint density at radius 3 is 2.70 bits per heavy atom. The average molecular weight is 372 g/mol. The quantitative estimate of drug-likeness (QED) is 0.816. The molecule has 0 spiro atoms. The summed E-state index contributed by atoms with van der Waals surface area (Å²) in [4.78, 5) is 1.47. The molecule has 0 aliphatic carbocycles. The highest BCUT2D eigenvalue weighted by Crippen LogP contribution is 2.39. The van der Waals surface area contributed by atoms with Gasteiger partial charge in [0.05, 0.1) is 10.9 Å².